The number of amides is 1. The van der Waals surface area contributed by atoms with Crippen molar-refractivity contribution in [2.24, 2.45) is 5.41 Å². The Bertz CT molecular complexity index is 812. The van der Waals surface area contributed by atoms with E-state index >= 15 is 0 Å². The van der Waals surface area contributed by atoms with Gasteiger partial charge in [0, 0.05) is 17.0 Å². The fourth-order valence-electron chi connectivity index (χ4n) is 2.04. The smallest absolute Gasteiger partial charge is 0.228 e. The van der Waals surface area contributed by atoms with Gasteiger partial charge in [0.15, 0.2) is 5.11 Å². The molecule has 0 aliphatic carbocycles. The number of nitrogens with one attached hydrogen (secondary N) is 3. The zero-order valence-corrected chi connectivity index (χ0v) is 17.5. The Labute approximate surface area is 172 Å². The molecule has 1 aromatic heterocycles. The van der Waals surface area contributed by atoms with Crippen LogP contribution >= 0.6 is 47.0 Å². The second-order valence-corrected chi connectivity index (χ2v) is 9.45. The third-order valence-corrected chi connectivity index (χ3v) is 4.31. The molecule has 0 fully saturated rings. The number of anilines is 1. The minimum absolute atomic E-state index is 0.189. The number of alkyl halides is 3. The molecule has 1 heterocycles. The van der Waals surface area contributed by atoms with Crippen molar-refractivity contribution >= 4 is 74.6 Å². The molecule has 1 atom stereocenters. The van der Waals surface area contributed by atoms with Gasteiger partial charge in [-0.2, -0.15) is 0 Å². The minimum atomic E-state index is -1.80. The van der Waals surface area contributed by atoms with Crippen LogP contribution in [0.1, 0.15) is 20.8 Å². The predicted molar refractivity (Wildman–Crippen MR) is 113 cm³/mol. The first-order chi connectivity index (χ1) is 12.0. The number of thiocarbonyl (C=S) groups is 1. The first kappa shape index (κ1) is 21.0. The van der Waals surface area contributed by atoms with Gasteiger partial charge in [0.2, 0.25) is 9.70 Å². The number of rotatable bonds is 3. The zero-order chi connectivity index (χ0) is 19.5. The third kappa shape index (κ3) is 5.58. The zero-order valence-electron chi connectivity index (χ0n) is 14.4. The molecule has 1 amide bonds. The number of hydrogen-bond acceptors (Lipinski definition) is 3. The van der Waals surface area contributed by atoms with Crippen LogP contribution in [0.4, 0.5) is 5.69 Å². The van der Waals surface area contributed by atoms with Crippen LogP contribution in [0.15, 0.2) is 36.5 Å². The number of nitrogens with zero attached hydrogens (tertiary/aromatic N) is 1. The molecule has 9 heteroatoms. The molecule has 0 spiro atoms. The topological polar surface area (TPSA) is 66.1 Å². The largest absolute Gasteiger partial charge is 0.339 e. The number of carbonyl (C=O) groups is 1. The van der Waals surface area contributed by atoms with E-state index < -0.39 is 15.4 Å². The molecule has 3 N–H and O–H groups in total. The maximum Gasteiger partial charge on any atom is 0.228 e. The summed E-state index contributed by atoms with van der Waals surface area (Å²) in [5, 5.41) is 9.68. The standard InChI is InChI=1S/C17H19Cl3N4OS/c1-16(2,3)14(25)23-13(17(18,19)20)24-15(26)22-11-8-4-6-10-7-5-9-21-12(10)11/h4-9,13H,1-3H3,(H,23,25)(H2,22,24,26)/t13-/m0/s1. The van der Waals surface area contributed by atoms with E-state index in [0.29, 0.717) is 5.69 Å². The summed E-state index contributed by atoms with van der Waals surface area (Å²) in [6.07, 6.45) is 0.680. The van der Waals surface area contributed by atoms with E-state index in [1.54, 1.807) is 27.0 Å². The Morgan fingerprint density at radius 2 is 1.77 bits per heavy atom. The lowest BCUT2D eigenvalue weighted by Gasteiger charge is -2.30. The van der Waals surface area contributed by atoms with Crippen molar-refractivity contribution in [1.29, 1.82) is 0 Å². The van der Waals surface area contributed by atoms with Crippen molar-refractivity contribution < 1.29 is 4.79 Å². The van der Waals surface area contributed by atoms with Crippen LogP contribution in [0, 0.1) is 5.41 Å². The summed E-state index contributed by atoms with van der Waals surface area (Å²) in [6.45, 7) is 5.28. The number of aromatic nitrogens is 1. The summed E-state index contributed by atoms with van der Waals surface area (Å²) in [5.41, 5.74) is 0.805. The highest BCUT2D eigenvalue weighted by atomic mass is 35.6. The lowest BCUT2D eigenvalue weighted by atomic mass is 9.95. The first-order valence-electron chi connectivity index (χ1n) is 7.77. The molecular weight excluding hydrogens is 415 g/mol. The Morgan fingerprint density at radius 1 is 1.12 bits per heavy atom. The van der Waals surface area contributed by atoms with Crippen molar-refractivity contribution in [3.8, 4) is 0 Å². The van der Waals surface area contributed by atoms with E-state index in [9.17, 15) is 4.79 Å². The molecule has 0 saturated heterocycles. The van der Waals surface area contributed by atoms with Gasteiger partial charge in [0.05, 0.1) is 11.2 Å². The lowest BCUT2D eigenvalue weighted by molar-refractivity contribution is -0.129. The second-order valence-electron chi connectivity index (χ2n) is 6.68. The van der Waals surface area contributed by atoms with Gasteiger partial charge >= 0.3 is 0 Å². The van der Waals surface area contributed by atoms with E-state index in [0.717, 1.165) is 10.9 Å². The average Bonchev–Trinajstić information content (AvgIpc) is 2.52. The van der Waals surface area contributed by atoms with Gasteiger partial charge in [-0.3, -0.25) is 9.78 Å². The summed E-state index contributed by atoms with van der Waals surface area (Å²) in [6, 6.07) is 9.45. The number of halogens is 3. The van der Waals surface area contributed by atoms with Crippen molar-refractivity contribution in [2.75, 3.05) is 5.32 Å². The fourth-order valence-corrected chi connectivity index (χ4v) is 2.60. The summed E-state index contributed by atoms with van der Waals surface area (Å²) in [4.78, 5) is 16.6. The predicted octanol–water partition coefficient (Wildman–Crippen LogP) is 4.38. The summed E-state index contributed by atoms with van der Waals surface area (Å²) in [7, 11) is 0. The van der Waals surface area contributed by atoms with E-state index in [-0.39, 0.29) is 11.0 Å². The van der Waals surface area contributed by atoms with Gasteiger partial charge in [-0.1, -0.05) is 73.8 Å². The third-order valence-electron chi connectivity index (χ3n) is 3.44. The van der Waals surface area contributed by atoms with Crippen molar-refractivity contribution in [1.82, 2.24) is 15.6 Å². The molecule has 5 nitrogen and oxygen atoms in total. The normalized spacial score (nSPS) is 13.2. The van der Waals surface area contributed by atoms with E-state index in [4.69, 9.17) is 47.0 Å². The van der Waals surface area contributed by atoms with Gasteiger partial charge in [-0.25, -0.2) is 0 Å². The summed E-state index contributed by atoms with van der Waals surface area (Å²) >= 11 is 23.3. The minimum Gasteiger partial charge on any atom is -0.339 e. The van der Waals surface area contributed by atoms with Gasteiger partial charge in [-0.05, 0) is 24.4 Å². The molecule has 0 bridgehead atoms. The van der Waals surface area contributed by atoms with E-state index in [1.165, 1.54) is 0 Å². The van der Waals surface area contributed by atoms with Gasteiger partial charge in [0.25, 0.3) is 0 Å². The Kier molecular flexibility index (Phi) is 6.55. The van der Waals surface area contributed by atoms with Crippen LogP contribution in [0.3, 0.4) is 0 Å². The molecule has 0 unspecified atom stereocenters. The molecule has 140 valence electrons. The highest BCUT2D eigenvalue weighted by molar-refractivity contribution is 7.80. The number of hydrogen-bond donors (Lipinski definition) is 3. The van der Waals surface area contributed by atoms with Crippen LogP contribution in [0.25, 0.3) is 10.9 Å². The molecule has 0 aliphatic heterocycles. The van der Waals surface area contributed by atoms with Crippen LogP contribution in [0.5, 0.6) is 0 Å². The van der Waals surface area contributed by atoms with E-state index in [2.05, 4.69) is 20.9 Å². The maximum atomic E-state index is 12.2. The first-order valence-corrected chi connectivity index (χ1v) is 9.31. The molecule has 26 heavy (non-hydrogen) atoms. The fraction of sp³-hybridized carbons (Fsp3) is 0.353. The summed E-state index contributed by atoms with van der Waals surface area (Å²) in [5.74, 6) is -0.282. The molecule has 0 radical (unpaired) electrons. The average molecular weight is 434 g/mol. The van der Waals surface area contributed by atoms with Crippen LogP contribution < -0.4 is 16.0 Å². The highest BCUT2D eigenvalue weighted by Gasteiger charge is 2.36. The monoisotopic (exact) mass is 432 g/mol. The quantitative estimate of drug-likeness (QED) is 0.381. The van der Waals surface area contributed by atoms with E-state index in [1.807, 2.05) is 30.3 Å². The molecule has 0 saturated carbocycles. The Hall–Kier alpha value is -1.34. The SMILES string of the molecule is CC(C)(C)C(=O)N[C@@H](NC(=S)Nc1cccc2cccnc12)C(Cl)(Cl)Cl. The molecular formula is C17H19Cl3N4OS. The van der Waals surface area contributed by atoms with Gasteiger partial charge in [-0.15, -0.1) is 0 Å². The van der Waals surface area contributed by atoms with Crippen molar-refractivity contribution in [2.45, 2.75) is 30.7 Å². The van der Waals surface area contributed by atoms with Crippen LogP contribution in [0.2, 0.25) is 0 Å². The maximum absolute atomic E-state index is 12.2. The molecule has 2 rings (SSSR count). The van der Waals surface area contributed by atoms with Gasteiger partial charge in [0.1, 0.15) is 6.17 Å². The number of pyridine rings is 1. The molecule has 1 aromatic carbocycles. The number of para-hydroxylation sites is 1. The second kappa shape index (κ2) is 8.13. The Balaban J connectivity index is 2.15. The summed E-state index contributed by atoms with van der Waals surface area (Å²) < 4.78 is -1.80. The molecule has 2 aromatic rings. The van der Waals surface area contributed by atoms with Crippen molar-refractivity contribution in [3.05, 3.63) is 36.5 Å². The van der Waals surface area contributed by atoms with Crippen molar-refractivity contribution in [3.63, 3.8) is 0 Å². The number of benzene rings is 1. The number of fused-ring (bicyclic) bond motifs is 1. The van der Waals surface area contributed by atoms with Gasteiger partial charge < -0.3 is 16.0 Å². The highest BCUT2D eigenvalue weighted by Crippen LogP contribution is 2.30. The number of carbonyl (C=O) groups excluding carboxylic acids is 1. The molecule has 0 aliphatic rings. The Morgan fingerprint density at radius 3 is 2.38 bits per heavy atom. The van der Waals surface area contributed by atoms with Crippen LogP contribution in [-0.4, -0.2) is 26.0 Å². The lowest BCUT2D eigenvalue weighted by Crippen LogP contribution is -2.58. The van der Waals surface area contributed by atoms with Crippen LogP contribution in [-0.2, 0) is 4.79 Å².